The fourth-order valence-corrected chi connectivity index (χ4v) is 2.90. The molecule has 3 aromatic rings. The van der Waals surface area contributed by atoms with Crippen LogP contribution in [0, 0.1) is 9.39 Å². The predicted octanol–water partition coefficient (Wildman–Crippen LogP) is 2.94. The second kappa shape index (κ2) is 6.89. The van der Waals surface area contributed by atoms with Gasteiger partial charge in [-0.15, -0.1) is 0 Å². The summed E-state index contributed by atoms with van der Waals surface area (Å²) in [4.78, 5) is 12.1. The van der Waals surface area contributed by atoms with Crippen LogP contribution in [0.15, 0.2) is 41.2 Å². The number of aromatic nitrogens is 4. The van der Waals surface area contributed by atoms with Gasteiger partial charge in [0.05, 0.1) is 10.7 Å². The lowest BCUT2D eigenvalue weighted by atomic mass is 10.2. The SMILES string of the molecule is Cn1nnn(-c2cccc(I)c2COc2cc(F)ccc2Cl)c1=O. The molecule has 0 fully saturated rings. The van der Waals surface area contributed by atoms with E-state index in [0.717, 1.165) is 13.8 Å². The number of nitrogens with zero attached hydrogens (tertiary/aromatic N) is 4. The molecule has 0 spiro atoms. The van der Waals surface area contributed by atoms with Gasteiger partial charge in [-0.1, -0.05) is 17.7 Å². The van der Waals surface area contributed by atoms with Crippen LogP contribution in [0.3, 0.4) is 0 Å². The van der Waals surface area contributed by atoms with Crippen molar-refractivity contribution in [3.05, 3.63) is 66.9 Å². The van der Waals surface area contributed by atoms with Crippen molar-refractivity contribution < 1.29 is 9.13 Å². The first-order chi connectivity index (χ1) is 11.5. The van der Waals surface area contributed by atoms with Gasteiger partial charge in [-0.25, -0.2) is 9.18 Å². The van der Waals surface area contributed by atoms with Crippen LogP contribution in [0.4, 0.5) is 4.39 Å². The molecule has 0 unspecified atom stereocenters. The Bertz CT molecular complexity index is 957. The van der Waals surface area contributed by atoms with Crippen LogP contribution in [0.2, 0.25) is 5.02 Å². The van der Waals surface area contributed by atoms with Gasteiger partial charge in [-0.3, -0.25) is 0 Å². The summed E-state index contributed by atoms with van der Waals surface area (Å²) >= 11 is 8.15. The van der Waals surface area contributed by atoms with E-state index >= 15 is 0 Å². The van der Waals surface area contributed by atoms with Crippen LogP contribution in [0.1, 0.15) is 5.56 Å². The van der Waals surface area contributed by atoms with E-state index in [0.29, 0.717) is 10.7 Å². The highest BCUT2D eigenvalue weighted by Crippen LogP contribution is 2.27. The zero-order valence-corrected chi connectivity index (χ0v) is 15.3. The van der Waals surface area contributed by atoms with E-state index in [4.69, 9.17) is 16.3 Å². The molecule has 0 saturated carbocycles. The fraction of sp³-hybridized carbons (Fsp3) is 0.133. The van der Waals surface area contributed by atoms with Gasteiger partial charge < -0.3 is 4.74 Å². The van der Waals surface area contributed by atoms with Crippen LogP contribution in [-0.2, 0) is 13.7 Å². The molecule has 124 valence electrons. The Morgan fingerprint density at radius 1 is 1.29 bits per heavy atom. The zero-order chi connectivity index (χ0) is 17.3. The van der Waals surface area contributed by atoms with Gasteiger partial charge in [0.2, 0.25) is 0 Å². The average Bonchev–Trinajstić information content (AvgIpc) is 2.88. The number of tetrazole rings is 1. The highest BCUT2D eigenvalue weighted by atomic mass is 127. The quantitative estimate of drug-likeness (QED) is 0.562. The first kappa shape index (κ1) is 16.9. The number of aryl methyl sites for hydroxylation is 1. The molecule has 0 amide bonds. The third-order valence-electron chi connectivity index (χ3n) is 3.31. The van der Waals surface area contributed by atoms with E-state index in [1.54, 1.807) is 12.1 Å². The van der Waals surface area contributed by atoms with Gasteiger partial charge in [0.15, 0.2) is 0 Å². The van der Waals surface area contributed by atoms with Crippen LogP contribution >= 0.6 is 34.2 Å². The van der Waals surface area contributed by atoms with E-state index < -0.39 is 5.82 Å². The lowest BCUT2D eigenvalue weighted by molar-refractivity contribution is 0.303. The zero-order valence-electron chi connectivity index (χ0n) is 12.4. The lowest BCUT2D eigenvalue weighted by Gasteiger charge is -2.13. The van der Waals surface area contributed by atoms with E-state index in [2.05, 4.69) is 33.0 Å². The molecule has 9 heteroatoms. The molecule has 1 heterocycles. The Kier molecular flexibility index (Phi) is 4.86. The molecule has 24 heavy (non-hydrogen) atoms. The third-order valence-corrected chi connectivity index (χ3v) is 4.63. The standard InChI is InChI=1S/C15H11ClFIN4O2/c1-21-15(23)22(20-19-21)13-4-2-3-12(18)10(13)8-24-14-7-9(17)5-6-11(14)16/h2-7H,8H2,1H3. The summed E-state index contributed by atoms with van der Waals surface area (Å²) < 4.78 is 22.2. The molecule has 0 aliphatic rings. The van der Waals surface area contributed by atoms with Crippen molar-refractivity contribution in [2.24, 2.45) is 7.05 Å². The van der Waals surface area contributed by atoms with Crippen molar-refractivity contribution in [1.29, 1.82) is 0 Å². The van der Waals surface area contributed by atoms with E-state index in [9.17, 15) is 9.18 Å². The average molecular weight is 461 g/mol. The third kappa shape index (κ3) is 3.29. The summed E-state index contributed by atoms with van der Waals surface area (Å²) in [6.07, 6.45) is 0. The molecule has 6 nitrogen and oxygen atoms in total. The predicted molar refractivity (Wildman–Crippen MR) is 95.1 cm³/mol. The minimum Gasteiger partial charge on any atom is -0.487 e. The van der Waals surface area contributed by atoms with Crippen molar-refractivity contribution in [3.63, 3.8) is 0 Å². The smallest absolute Gasteiger partial charge is 0.368 e. The monoisotopic (exact) mass is 460 g/mol. The maximum atomic E-state index is 13.3. The Balaban J connectivity index is 1.98. The lowest BCUT2D eigenvalue weighted by Crippen LogP contribution is -2.23. The van der Waals surface area contributed by atoms with Gasteiger partial charge >= 0.3 is 5.69 Å². The molecule has 3 rings (SSSR count). The number of halogens is 3. The van der Waals surface area contributed by atoms with E-state index in [-0.39, 0.29) is 18.0 Å². The maximum Gasteiger partial charge on any atom is 0.368 e. The second-order valence-electron chi connectivity index (χ2n) is 4.90. The number of rotatable bonds is 4. The maximum absolute atomic E-state index is 13.3. The van der Waals surface area contributed by atoms with E-state index in [1.807, 2.05) is 6.07 Å². The molecular formula is C15H11ClFIN4O2. The second-order valence-corrected chi connectivity index (χ2v) is 6.47. The first-order valence-corrected chi connectivity index (χ1v) is 8.27. The van der Waals surface area contributed by atoms with Gasteiger partial charge in [-0.05, 0) is 57.3 Å². The van der Waals surface area contributed by atoms with Crippen molar-refractivity contribution >= 4 is 34.2 Å². The number of hydrogen-bond donors (Lipinski definition) is 0. The highest BCUT2D eigenvalue weighted by Gasteiger charge is 2.15. The summed E-state index contributed by atoms with van der Waals surface area (Å²) in [5.41, 5.74) is 0.899. The molecule has 0 atom stereocenters. The van der Waals surface area contributed by atoms with Crippen LogP contribution in [-0.4, -0.2) is 19.8 Å². The van der Waals surface area contributed by atoms with Crippen LogP contribution < -0.4 is 10.4 Å². The molecule has 0 aliphatic carbocycles. The molecule has 1 aromatic heterocycles. The number of ether oxygens (including phenoxy) is 1. The summed E-state index contributed by atoms with van der Waals surface area (Å²) in [5, 5.41) is 7.86. The Labute approximate surface area is 154 Å². The topological polar surface area (TPSA) is 61.9 Å². The summed E-state index contributed by atoms with van der Waals surface area (Å²) in [5.74, 6) is -0.212. The molecular weight excluding hydrogens is 450 g/mol. The summed E-state index contributed by atoms with van der Waals surface area (Å²) in [6.45, 7) is 0.0979. The van der Waals surface area contributed by atoms with Gasteiger partial charge in [0, 0.05) is 22.2 Å². The fourth-order valence-electron chi connectivity index (χ4n) is 2.09. The van der Waals surface area contributed by atoms with Crippen molar-refractivity contribution in [3.8, 4) is 11.4 Å². The van der Waals surface area contributed by atoms with Crippen molar-refractivity contribution in [1.82, 2.24) is 19.8 Å². The Morgan fingerprint density at radius 3 is 2.79 bits per heavy atom. The Morgan fingerprint density at radius 2 is 2.08 bits per heavy atom. The van der Waals surface area contributed by atoms with Crippen molar-refractivity contribution in [2.75, 3.05) is 0 Å². The normalized spacial score (nSPS) is 10.8. The van der Waals surface area contributed by atoms with Gasteiger partial charge in [0.1, 0.15) is 18.2 Å². The molecule has 2 aromatic carbocycles. The van der Waals surface area contributed by atoms with Gasteiger partial charge in [-0.2, -0.15) is 9.36 Å². The van der Waals surface area contributed by atoms with Crippen LogP contribution in [0.5, 0.6) is 5.75 Å². The molecule has 0 saturated heterocycles. The molecule has 0 bridgehead atoms. The largest absolute Gasteiger partial charge is 0.487 e. The first-order valence-electron chi connectivity index (χ1n) is 6.82. The number of benzene rings is 2. The minimum atomic E-state index is -0.442. The summed E-state index contributed by atoms with van der Waals surface area (Å²) in [7, 11) is 1.52. The van der Waals surface area contributed by atoms with Crippen molar-refractivity contribution in [2.45, 2.75) is 6.61 Å². The van der Waals surface area contributed by atoms with E-state index in [1.165, 1.54) is 29.9 Å². The summed E-state index contributed by atoms with van der Waals surface area (Å²) in [6, 6.07) is 9.31. The van der Waals surface area contributed by atoms with Crippen LogP contribution in [0.25, 0.3) is 5.69 Å². The highest BCUT2D eigenvalue weighted by molar-refractivity contribution is 14.1. The van der Waals surface area contributed by atoms with Gasteiger partial charge in [0.25, 0.3) is 0 Å². The Hall–Kier alpha value is -1.94. The molecule has 0 N–H and O–H groups in total. The molecule has 0 aliphatic heterocycles. The molecule has 0 radical (unpaired) electrons. The minimum absolute atomic E-state index is 0.0979. The number of hydrogen-bond acceptors (Lipinski definition) is 4.